The van der Waals surface area contributed by atoms with Gasteiger partial charge in [0, 0.05) is 20.5 Å². The Bertz CT molecular complexity index is 143. The van der Waals surface area contributed by atoms with Gasteiger partial charge < -0.3 is 10.6 Å². The van der Waals surface area contributed by atoms with Gasteiger partial charge in [0.1, 0.15) is 0 Å². The molecule has 0 aromatic heterocycles. The summed E-state index contributed by atoms with van der Waals surface area (Å²) in [5.74, 6) is -0.686. The second-order valence-electron chi connectivity index (χ2n) is 2.11. The maximum absolute atomic E-state index is 10.7. The van der Waals surface area contributed by atoms with Crippen LogP contribution in [0.4, 0.5) is 0 Å². The van der Waals surface area contributed by atoms with Gasteiger partial charge in [-0.3, -0.25) is 9.59 Å². The molecular formula is C6H11N2O2. The molecule has 4 nitrogen and oxygen atoms in total. The van der Waals surface area contributed by atoms with E-state index in [1.807, 2.05) is 0 Å². The lowest BCUT2D eigenvalue weighted by Crippen LogP contribution is -2.24. The van der Waals surface area contributed by atoms with Crippen molar-refractivity contribution in [3.05, 3.63) is 6.42 Å². The molecule has 0 aromatic rings. The summed E-state index contributed by atoms with van der Waals surface area (Å²) < 4.78 is 0. The van der Waals surface area contributed by atoms with Gasteiger partial charge in [0.2, 0.25) is 11.8 Å². The van der Waals surface area contributed by atoms with Crippen LogP contribution < -0.4 is 5.73 Å². The molecule has 1 radical (unpaired) electrons. The Labute approximate surface area is 60.0 Å². The Morgan fingerprint density at radius 3 is 2.30 bits per heavy atom. The third kappa shape index (κ3) is 3.88. The molecule has 4 heteroatoms. The molecule has 0 heterocycles. The second kappa shape index (κ2) is 3.87. The van der Waals surface area contributed by atoms with E-state index in [0.29, 0.717) is 0 Å². The summed E-state index contributed by atoms with van der Waals surface area (Å²) in [5.41, 5.74) is 4.80. The minimum absolute atomic E-state index is 0.0109. The Morgan fingerprint density at radius 1 is 1.50 bits per heavy atom. The number of amides is 2. The third-order valence-electron chi connectivity index (χ3n) is 0.919. The van der Waals surface area contributed by atoms with Crippen LogP contribution in [0.15, 0.2) is 0 Å². The fraction of sp³-hybridized carbons (Fsp3) is 0.500. The molecule has 0 aliphatic rings. The fourth-order valence-electron chi connectivity index (χ4n) is 0.370. The predicted octanol–water partition coefficient (Wildman–Crippen LogP) is -0.846. The van der Waals surface area contributed by atoms with Crippen LogP contribution in [-0.4, -0.2) is 30.8 Å². The highest BCUT2D eigenvalue weighted by Crippen LogP contribution is 1.89. The summed E-state index contributed by atoms with van der Waals surface area (Å²) in [6.07, 6.45) is 1.26. The minimum atomic E-state index is -0.491. The molecule has 0 aliphatic carbocycles. The molecule has 0 saturated carbocycles. The van der Waals surface area contributed by atoms with Crippen molar-refractivity contribution in [1.29, 1.82) is 0 Å². The Kier molecular flexibility index (Phi) is 3.46. The number of hydrogen-bond donors (Lipinski definition) is 1. The molecule has 0 bridgehead atoms. The quantitative estimate of drug-likeness (QED) is 0.559. The van der Waals surface area contributed by atoms with Gasteiger partial charge in [0.05, 0.1) is 6.42 Å². The number of carbonyl (C=O) groups is 2. The van der Waals surface area contributed by atoms with Crippen LogP contribution in [0.25, 0.3) is 0 Å². The Hall–Kier alpha value is -1.06. The first-order valence-electron chi connectivity index (χ1n) is 2.87. The van der Waals surface area contributed by atoms with Crippen LogP contribution in [0.3, 0.4) is 0 Å². The van der Waals surface area contributed by atoms with Gasteiger partial charge in [-0.25, -0.2) is 0 Å². The molecule has 0 rings (SSSR count). The maximum atomic E-state index is 10.7. The van der Waals surface area contributed by atoms with Crippen molar-refractivity contribution >= 4 is 11.8 Å². The summed E-state index contributed by atoms with van der Waals surface area (Å²) in [6, 6.07) is 0. The van der Waals surface area contributed by atoms with Gasteiger partial charge in [0.25, 0.3) is 0 Å². The van der Waals surface area contributed by atoms with E-state index in [9.17, 15) is 9.59 Å². The number of rotatable bonds is 3. The summed E-state index contributed by atoms with van der Waals surface area (Å²) in [4.78, 5) is 22.2. The molecule has 0 aromatic carbocycles. The highest BCUT2D eigenvalue weighted by molar-refractivity contribution is 5.89. The molecule has 0 aliphatic heterocycles. The number of primary amides is 1. The van der Waals surface area contributed by atoms with E-state index in [2.05, 4.69) is 0 Å². The monoisotopic (exact) mass is 143 g/mol. The average molecular weight is 143 g/mol. The van der Waals surface area contributed by atoms with E-state index >= 15 is 0 Å². The highest BCUT2D eigenvalue weighted by atomic mass is 16.2. The third-order valence-corrected chi connectivity index (χ3v) is 0.919. The zero-order valence-electron chi connectivity index (χ0n) is 6.13. The normalized spacial score (nSPS) is 9.00. The number of carbonyl (C=O) groups excluding carboxylic acids is 2. The fourth-order valence-corrected chi connectivity index (χ4v) is 0.370. The highest BCUT2D eigenvalue weighted by Gasteiger charge is 2.05. The topological polar surface area (TPSA) is 63.4 Å². The first-order valence-corrected chi connectivity index (χ1v) is 2.87. The average Bonchev–Trinajstić information content (AvgIpc) is 1.82. The summed E-state index contributed by atoms with van der Waals surface area (Å²) in [6.45, 7) is 0. The Balaban J connectivity index is 3.50. The standard InChI is InChI=1S/C6H11N2O2/c1-8(2)6(10)4-3-5(7)9/h4H,3H2,1-2H3,(H2,7,9). The van der Waals surface area contributed by atoms with E-state index in [1.54, 1.807) is 14.1 Å². The molecule has 2 amide bonds. The lowest BCUT2D eigenvalue weighted by atomic mass is 10.3. The van der Waals surface area contributed by atoms with E-state index in [1.165, 1.54) is 11.3 Å². The van der Waals surface area contributed by atoms with Crippen LogP contribution in [0.5, 0.6) is 0 Å². The van der Waals surface area contributed by atoms with Crippen molar-refractivity contribution in [3.8, 4) is 0 Å². The largest absolute Gasteiger partial charge is 0.370 e. The SMILES string of the molecule is CN(C)C(=O)[CH]CC(N)=O. The van der Waals surface area contributed by atoms with E-state index < -0.39 is 5.91 Å². The van der Waals surface area contributed by atoms with Crippen molar-refractivity contribution in [2.75, 3.05) is 14.1 Å². The van der Waals surface area contributed by atoms with Gasteiger partial charge in [-0.15, -0.1) is 0 Å². The van der Waals surface area contributed by atoms with Gasteiger partial charge in [0.15, 0.2) is 0 Å². The molecule has 10 heavy (non-hydrogen) atoms. The number of hydrogen-bond acceptors (Lipinski definition) is 2. The minimum Gasteiger partial charge on any atom is -0.370 e. The molecule has 57 valence electrons. The molecule has 2 N–H and O–H groups in total. The van der Waals surface area contributed by atoms with Crippen LogP contribution in [0, 0.1) is 6.42 Å². The van der Waals surface area contributed by atoms with Crippen molar-refractivity contribution < 1.29 is 9.59 Å². The molecular weight excluding hydrogens is 132 g/mol. The summed E-state index contributed by atoms with van der Waals surface area (Å²) >= 11 is 0. The van der Waals surface area contributed by atoms with Gasteiger partial charge in [-0.05, 0) is 0 Å². The molecule has 0 unspecified atom stereocenters. The maximum Gasteiger partial charge on any atom is 0.226 e. The number of nitrogens with two attached hydrogens (primary N) is 1. The molecule has 0 saturated heterocycles. The first kappa shape index (κ1) is 8.94. The molecule has 0 spiro atoms. The lowest BCUT2D eigenvalue weighted by Gasteiger charge is -2.07. The van der Waals surface area contributed by atoms with E-state index in [-0.39, 0.29) is 12.3 Å². The summed E-state index contributed by atoms with van der Waals surface area (Å²) in [7, 11) is 3.22. The first-order chi connectivity index (χ1) is 4.54. The van der Waals surface area contributed by atoms with Gasteiger partial charge in [-0.2, -0.15) is 0 Å². The van der Waals surface area contributed by atoms with Crippen molar-refractivity contribution in [3.63, 3.8) is 0 Å². The molecule has 0 atom stereocenters. The lowest BCUT2D eigenvalue weighted by molar-refractivity contribution is -0.127. The van der Waals surface area contributed by atoms with Gasteiger partial charge in [-0.1, -0.05) is 0 Å². The number of nitrogens with zero attached hydrogens (tertiary/aromatic N) is 1. The van der Waals surface area contributed by atoms with Crippen LogP contribution in [0.2, 0.25) is 0 Å². The van der Waals surface area contributed by atoms with Crippen LogP contribution >= 0.6 is 0 Å². The van der Waals surface area contributed by atoms with Crippen LogP contribution in [0.1, 0.15) is 6.42 Å². The zero-order chi connectivity index (χ0) is 8.15. The predicted molar refractivity (Wildman–Crippen MR) is 36.8 cm³/mol. The van der Waals surface area contributed by atoms with E-state index in [4.69, 9.17) is 5.73 Å². The van der Waals surface area contributed by atoms with Crippen molar-refractivity contribution in [1.82, 2.24) is 4.90 Å². The van der Waals surface area contributed by atoms with Crippen molar-refractivity contribution in [2.24, 2.45) is 5.73 Å². The van der Waals surface area contributed by atoms with Crippen LogP contribution in [-0.2, 0) is 9.59 Å². The Morgan fingerprint density at radius 2 is 2.00 bits per heavy atom. The van der Waals surface area contributed by atoms with Crippen molar-refractivity contribution in [2.45, 2.75) is 6.42 Å². The molecule has 0 fully saturated rings. The van der Waals surface area contributed by atoms with Gasteiger partial charge >= 0.3 is 0 Å². The summed E-state index contributed by atoms with van der Waals surface area (Å²) in [5, 5.41) is 0. The second-order valence-corrected chi connectivity index (χ2v) is 2.11. The van der Waals surface area contributed by atoms with E-state index in [0.717, 1.165) is 0 Å². The smallest absolute Gasteiger partial charge is 0.226 e. The zero-order valence-corrected chi connectivity index (χ0v) is 6.13.